The van der Waals surface area contributed by atoms with Gasteiger partial charge in [0.15, 0.2) is 0 Å². The summed E-state index contributed by atoms with van der Waals surface area (Å²) < 4.78 is 7.70. The van der Waals surface area contributed by atoms with Gasteiger partial charge in [0.1, 0.15) is 11.4 Å². The molecule has 8 heteroatoms. The second-order valence-electron chi connectivity index (χ2n) is 10.6. The number of carboxylic acid groups (broad SMARTS) is 1. The zero-order valence-corrected chi connectivity index (χ0v) is 22.2. The van der Waals surface area contributed by atoms with Crippen LogP contribution in [0.4, 0.5) is 10.5 Å². The number of methoxy groups -OCH3 is 1. The molecule has 0 saturated heterocycles. The lowest BCUT2D eigenvalue weighted by molar-refractivity contribution is 0.201. The quantitative estimate of drug-likeness (QED) is 0.234. The number of imidazole rings is 1. The Balaban J connectivity index is 1.20. The van der Waals surface area contributed by atoms with E-state index >= 15 is 0 Å². The van der Waals surface area contributed by atoms with Crippen molar-refractivity contribution in [3.8, 4) is 5.75 Å². The molecule has 196 valence electrons. The molecule has 0 spiro atoms. The number of rotatable bonds is 7. The van der Waals surface area contributed by atoms with Crippen LogP contribution in [0.25, 0.3) is 16.6 Å². The van der Waals surface area contributed by atoms with Gasteiger partial charge in [0.05, 0.1) is 24.9 Å². The first-order chi connectivity index (χ1) is 19.0. The smallest absolute Gasteiger partial charge is 0.412 e. The fourth-order valence-corrected chi connectivity index (χ4v) is 5.78. The van der Waals surface area contributed by atoms with E-state index in [1.54, 1.807) is 13.2 Å². The molecule has 0 aliphatic heterocycles. The van der Waals surface area contributed by atoms with E-state index in [1.807, 2.05) is 53.1 Å². The van der Waals surface area contributed by atoms with Gasteiger partial charge in [-0.05, 0) is 78.6 Å². The van der Waals surface area contributed by atoms with Crippen molar-refractivity contribution >= 4 is 39.9 Å². The summed E-state index contributed by atoms with van der Waals surface area (Å²) in [6.07, 6.45) is 6.42. The predicted molar refractivity (Wildman–Crippen MR) is 151 cm³/mol. The Morgan fingerprint density at radius 3 is 2.69 bits per heavy atom. The molecule has 2 saturated carbocycles. The zero-order valence-electron chi connectivity index (χ0n) is 21.4. The summed E-state index contributed by atoms with van der Waals surface area (Å²) >= 11 is 6.22. The van der Waals surface area contributed by atoms with Crippen molar-refractivity contribution in [3.63, 3.8) is 0 Å². The number of fused-ring (bicyclic) bond motifs is 2. The Bertz CT molecular complexity index is 1750. The number of ether oxygens (including phenoxy) is 1. The monoisotopic (exact) mass is 538 g/mol. The standard InChI is InChI=1S/C31H27ClN4O3/c1-39-29-14-28(26-13-25(26)19-3-2-4-21(32)11-19)34-27-12-23(8-9-24(27)29)36(31(37)38)17-22-16-35-15-20(18-5-6-18)7-10-30(35)33-22/h2-4,7-12,14-16,18,25-26H,5-6,13,17H2,1H3,(H,37,38)/t25-,26+/m1/s1. The van der Waals surface area contributed by atoms with Gasteiger partial charge in [-0.25, -0.2) is 9.78 Å². The van der Waals surface area contributed by atoms with Gasteiger partial charge in [0.2, 0.25) is 0 Å². The van der Waals surface area contributed by atoms with E-state index in [-0.39, 0.29) is 12.5 Å². The molecule has 2 atom stereocenters. The molecular weight excluding hydrogens is 512 g/mol. The Kier molecular flexibility index (Phi) is 5.70. The van der Waals surface area contributed by atoms with E-state index in [0.29, 0.717) is 28.7 Å². The molecule has 0 radical (unpaired) electrons. The van der Waals surface area contributed by atoms with Gasteiger partial charge in [-0.15, -0.1) is 0 Å². The first-order valence-corrected chi connectivity index (χ1v) is 13.6. The fourth-order valence-electron chi connectivity index (χ4n) is 5.59. The number of hydrogen-bond donors (Lipinski definition) is 1. The van der Waals surface area contributed by atoms with Crippen LogP contribution in [0.1, 0.15) is 59.5 Å². The van der Waals surface area contributed by atoms with Crippen molar-refractivity contribution in [2.75, 3.05) is 12.0 Å². The van der Waals surface area contributed by atoms with Crippen LogP contribution in [-0.4, -0.2) is 32.7 Å². The second-order valence-corrected chi connectivity index (χ2v) is 11.0. The molecule has 1 amide bonds. The highest BCUT2D eigenvalue weighted by Crippen LogP contribution is 2.55. The summed E-state index contributed by atoms with van der Waals surface area (Å²) in [4.78, 5) is 23.3. The summed E-state index contributed by atoms with van der Waals surface area (Å²) in [6.45, 7) is 0.136. The number of halogens is 1. The topological polar surface area (TPSA) is 80.0 Å². The van der Waals surface area contributed by atoms with Crippen LogP contribution in [-0.2, 0) is 6.54 Å². The maximum Gasteiger partial charge on any atom is 0.412 e. The van der Waals surface area contributed by atoms with Crippen LogP contribution < -0.4 is 9.64 Å². The maximum atomic E-state index is 12.4. The van der Waals surface area contributed by atoms with Gasteiger partial charge in [0, 0.05) is 46.2 Å². The summed E-state index contributed by atoms with van der Waals surface area (Å²) in [5.41, 5.74) is 6.19. The van der Waals surface area contributed by atoms with E-state index in [0.717, 1.165) is 33.9 Å². The van der Waals surface area contributed by atoms with Crippen LogP contribution in [0.5, 0.6) is 5.75 Å². The van der Waals surface area contributed by atoms with E-state index in [9.17, 15) is 9.90 Å². The lowest BCUT2D eigenvalue weighted by atomic mass is 10.1. The van der Waals surface area contributed by atoms with Gasteiger partial charge in [-0.1, -0.05) is 29.8 Å². The predicted octanol–water partition coefficient (Wildman–Crippen LogP) is 7.38. The van der Waals surface area contributed by atoms with Gasteiger partial charge in [-0.3, -0.25) is 9.88 Å². The minimum absolute atomic E-state index is 0.136. The molecule has 1 N–H and O–H groups in total. The molecule has 7 rings (SSSR count). The third-order valence-corrected chi connectivity index (χ3v) is 8.11. The number of nitrogens with zero attached hydrogens (tertiary/aromatic N) is 4. The molecule has 7 nitrogen and oxygen atoms in total. The highest BCUT2D eigenvalue weighted by Gasteiger charge is 2.41. The van der Waals surface area contributed by atoms with Crippen molar-refractivity contribution in [2.24, 2.45) is 0 Å². The van der Waals surface area contributed by atoms with Gasteiger partial charge < -0.3 is 14.2 Å². The lowest BCUT2D eigenvalue weighted by Crippen LogP contribution is -2.28. The summed E-state index contributed by atoms with van der Waals surface area (Å²) in [5.74, 6) is 1.98. The van der Waals surface area contributed by atoms with Gasteiger partial charge in [-0.2, -0.15) is 0 Å². The molecule has 0 unspecified atom stereocenters. The van der Waals surface area contributed by atoms with Crippen molar-refractivity contribution in [1.82, 2.24) is 14.4 Å². The molecule has 39 heavy (non-hydrogen) atoms. The van der Waals surface area contributed by atoms with Crippen molar-refractivity contribution in [3.05, 3.63) is 101 Å². The number of pyridine rings is 2. The van der Waals surface area contributed by atoms with E-state index in [2.05, 4.69) is 23.3 Å². The normalized spacial score (nSPS) is 18.4. The average molecular weight is 539 g/mol. The number of amides is 1. The first kappa shape index (κ1) is 24.0. The third kappa shape index (κ3) is 4.57. The SMILES string of the molecule is COc1cc([C@H]2C[C@@H]2c2cccc(Cl)c2)nc2cc(N(Cc3cn4cc(C5CC5)ccc4n3)C(=O)O)ccc12. The molecule has 2 aliphatic carbocycles. The molecular formula is C31H27ClN4O3. The van der Waals surface area contributed by atoms with Crippen LogP contribution in [0.15, 0.2) is 73.1 Å². The van der Waals surface area contributed by atoms with E-state index in [4.69, 9.17) is 21.3 Å². The molecule has 3 aromatic heterocycles. The number of aromatic nitrogens is 3. The molecule has 3 heterocycles. The number of carbonyl (C=O) groups is 1. The largest absolute Gasteiger partial charge is 0.496 e. The number of benzene rings is 2. The summed E-state index contributed by atoms with van der Waals surface area (Å²) in [6, 6.07) is 19.6. The van der Waals surface area contributed by atoms with Crippen molar-refractivity contribution in [1.29, 1.82) is 0 Å². The van der Waals surface area contributed by atoms with Crippen molar-refractivity contribution in [2.45, 2.75) is 43.6 Å². The minimum atomic E-state index is -1.04. The molecule has 2 aliphatic rings. The van der Waals surface area contributed by atoms with E-state index < -0.39 is 6.09 Å². The molecule has 2 fully saturated rings. The van der Waals surface area contributed by atoms with Crippen LogP contribution in [0.3, 0.4) is 0 Å². The lowest BCUT2D eigenvalue weighted by Gasteiger charge is -2.19. The summed E-state index contributed by atoms with van der Waals surface area (Å²) in [7, 11) is 1.65. The molecule has 0 bridgehead atoms. The minimum Gasteiger partial charge on any atom is -0.496 e. The summed E-state index contributed by atoms with van der Waals surface area (Å²) in [5, 5.41) is 11.7. The van der Waals surface area contributed by atoms with Gasteiger partial charge >= 0.3 is 6.09 Å². The highest BCUT2D eigenvalue weighted by molar-refractivity contribution is 6.30. The van der Waals surface area contributed by atoms with Crippen LogP contribution in [0, 0.1) is 0 Å². The Hall–Kier alpha value is -4.10. The maximum absolute atomic E-state index is 12.4. The van der Waals surface area contributed by atoms with Crippen molar-refractivity contribution < 1.29 is 14.6 Å². The Morgan fingerprint density at radius 1 is 1.05 bits per heavy atom. The fraction of sp³-hybridized carbons (Fsp3) is 0.258. The van der Waals surface area contributed by atoms with Crippen LogP contribution in [0.2, 0.25) is 5.02 Å². The highest BCUT2D eigenvalue weighted by atomic mass is 35.5. The average Bonchev–Trinajstić information content (AvgIpc) is 3.87. The third-order valence-electron chi connectivity index (χ3n) is 7.88. The number of anilines is 1. The zero-order chi connectivity index (χ0) is 26.7. The molecule has 5 aromatic rings. The molecule has 2 aromatic carbocycles. The number of hydrogen-bond acceptors (Lipinski definition) is 4. The first-order valence-electron chi connectivity index (χ1n) is 13.2. The second kappa shape index (κ2) is 9.27. The Labute approximate surface area is 230 Å². The van der Waals surface area contributed by atoms with Gasteiger partial charge in [0.25, 0.3) is 0 Å². The van der Waals surface area contributed by atoms with E-state index in [1.165, 1.54) is 28.9 Å². The Morgan fingerprint density at radius 2 is 1.92 bits per heavy atom. The van der Waals surface area contributed by atoms with Crippen LogP contribution >= 0.6 is 11.6 Å².